The van der Waals surface area contributed by atoms with Gasteiger partial charge in [-0.2, -0.15) is 0 Å². The predicted molar refractivity (Wildman–Crippen MR) is 92.1 cm³/mol. The first-order chi connectivity index (χ1) is 11.4. The van der Waals surface area contributed by atoms with Gasteiger partial charge in [0.15, 0.2) is 0 Å². The average Bonchev–Trinajstić information content (AvgIpc) is 2.89. The van der Waals surface area contributed by atoms with Gasteiger partial charge in [-0.05, 0) is 26.0 Å². The van der Waals surface area contributed by atoms with Crippen molar-refractivity contribution in [3.8, 4) is 10.6 Å². The van der Waals surface area contributed by atoms with Crippen LogP contribution in [0.4, 0.5) is 4.39 Å². The van der Waals surface area contributed by atoms with Gasteiger partial charge in [0.25, 0.3) is 0 Å². The number of nitrogens with one attached hydrogen (secondary N) is 2. The van der Waals surface area contributed by atoms with E-state index >= 15 is 0 Å². The van der Waals surface area contributed by atoms with E-state index in [0.29, 0.717) is 17.1 Å². The maximum Gasteiger partial charge on any atom is 0.222 e. The summed E-state index contributed by atoms with van der Waals surface area (Å²) in [6, 6.07) is 6.26. The Hall–Kier alpha value is -2.28. The summed E-state index contributed by atoms with van der Waals surface area (Å²) in [5.41, 5.74) is 1.23. The monoisotopic (exact) mass is 349 g/mol. The van der Waals surface area contributed by atoms with E-state index in [-0.39, 0.29) is 30.1 Å². The molecule has 1 atom stereocenters. The van der Waals surface area contributed by atoms with Crippen LogP contribution >= 0.6 is 11.3 Å². The maximum absolute atomic E-state index is 13.9. The van der Waals surface area contributed by atoms with Crippen molar-refractivity contribution >= 4 is 23.2 Å². The van der Waals surface area contributed by atoms with E-state index in [1.807, 2.05) is 13.8 Å². The number of amides is 2. The van der Waals surface area contributed by atoms with Crippen LogP contribution in [0.25, 0.3) is 10.6 Å². The summed E-state index contributed by atoms with van der Waals surface area (Å²) in [5.74, 6) is -0.634. The van der Waals surface area contributed by atoms with E-state index in [4.69, 9.17) is 0 Å². The van der Waals surface area contributed by atoms with Gasteiger partial charge >= 0.3 is 0 Å². The number of nitrogens with zero attached hydrogens (tertiary/aromatic N) is 1. The third kappa shape index (κ3) is 4.61. The highest BCUT2D eigenvalue weighted by molar-refractivity contribution is 7.15. The zero-order chi connectivity index (χ0) is 17.7. The molecule has 0 unspecified atom stereocenters. The van der Waals surface area contributed by atoms with Crippen LogP contribution in [0.1, 0.15) is 36.9 Å². The third-order valence-electron chi connectivity index (χ3n) is 3.43. The number of halogens is 1. The molecule has 24 heavy (non-hydrogen) atoms. The van der Waals surface area contributed by atoms with Gasteiger partial charge in [-0.25, -0.2) is 9.37 Å². The highest BCUT2D eigenvalue weighted by atomic mass is 32.1. The Labute approximate surface area is 144 Å². The minimum absolute atomic E-state index is 0.156. The van der Waals surface area contributed by atoms with E-state index in [1.165, 1.54) is 24.3 Å². The molecule has 2 amide bonds. The number of hydrogen-bond acceptors (Lipinski definition) is 4. The first kappa shape index (κ1) is 18.1. The van der Waals surface area contributed by atoms with Crippen molar-refractivity contribution in [1.82, 2.24) is 15.6 Å². The summed E-state index contributed by atoms with van der Waals surface area (Å²) < 4.78 is 13.9. The number of carbonyl (C=O) groups is 2. The maximum atomic E-state index is 13.9. The largest absolute Gasteiger partial charge is 0.356 e. The van der Waals surface area contributed by atoms with E-state index in [2.05, 4.69) is 15.6 Å². The van der Waals surface area contributed by atoms with Crippen LogP contribution in [0.15, 0.2) is 24.3 Å². The second-order valence-corrected chi connectivity index (χ2v) is 6.50. The van der Waals surface area contributed by atoms with Gasteiger partial charge in [0.05, 0.1) is 16.6 Å². The zero-order valence-electron chi connectivity index (χ0n) is 13.9. The predicted octanol–water partition coefficient (Wildman–Crippen LogP) is 2.96. The molecule has 0 saturated heterocycles. The van der Waals surface area contributed by atoms with Crippen LogP contribution in [0, 0.1) is 12.7 Å². The third-order valence-corrected chi connectivity index (χ3v) is 4.81. The van der Waals surface area contributed by atoms with Crippen molar-refractivity contribution < 1.29 is 14.0 Å². The van der Waals surface area contributed by atoms with Gasteiger partial charge in [0.2, 0.25) is 11.8 Å². The fourth-order valence-electron chi connectivity index (χ4n) is 2.29. The summed E-state index contributed by atoms with van der Waals surface area (Å²) in [6.45, 7) is 5.42. The van der Waals surface area contributed by atoms with Crippen LogP contribution in [0.5, 0.6) is 0 Å². The second-order valence-electron chi connectivity index (χ2n) is 5.47. The summed E-state index contributed by atoms with van der Waals surface area (Å²) in [4.78, 5) is 28.0. The summed E-state index contributed by atoms with van der Waals surface area (Å²) in [6.07, 6.45) is 0.210. The molecule has 0 aliphatic heterocycles. The standard InChI is InChI=1S/C17H20FN3O2S/c1-10(20-15(23)8-9-19-12(3)22)16-11(2)21-17(24-16)13-6-4-5-7-14(13)18/h4-7,10H,8-9H2,1-3H3,(H,19,22)(H,20,23)/t10-/m1/s1. The van der Waals surface area contributed by atoms with Gasteiger partial charge in [0.1, 0.15) is 10.8 Å². The first-order valence-corrected chi connectivity index (χ1v) is 8.46. The van der Waals surface area contributed by atoms with Crippen LogP contribution in [0.3, 0.4) is 0 Å². The summed E-state index contributed by atoms with van der Waals surface area (Å²) in [5, 5.41) is 6.06. The first-order valence-electron chi connectivity index (χ1n) is 7.64. The van der Waals surface area contributed by atoms with Gasteiger partial charge in [-0.15, -0.1) is 11.3 Å². The number of benzene rings is 1. The lowest BCUT2D eigenvalue weighted by atomic mass is 10.2. The SMILES string of the molecule is CC(=O)NCCC(=O)N[C@H](C)c1sc(-c2ccccc2F)nc1C. The van der Waals surface area contributed by atoms with Crippen molar-refractivity contribution in [2.45, 2.75) is 33.2 Å². The quantitative estimate of drug-likeness (QED) is 0.842. The molecule has 2 rings (SSSR count). The number of hydrogen-bond donors (Lipinski definition) is 2. The highest BCUT2D eigenvalue weighted by Gasteiger charge is 2.18. The molecule has 0 radical (unpaired) electrons. The molecular formula is C17H20FN3O2S. The number of aryl methyl sites for hydroxylation is 1. The van der Waals surface area contributed by atoms with Crippen LogP contribution in [-0.4, -0.2) is 23.3 Å². The summed E-state index contributed by atoms with van der Waals surface area (Å²) in [7, 11) is 0. The Kier molecular flexibility index (Phi) is 6.03. The van der Waals surface area contributed by atoms with E-state index in [1.54, 1.807) is 18.2 Å². The molecule has 7 heteroatoms. The molecule has 1 aromatic carbocycles. The lowest BCUT2D eigenvalue weighted by Crippen LogP contribution is -2.31. The molecule has 0 saturated carbocycles. The molecule has 0 aliphatic carbocycles. The van der Waals surface area contributed by atoms with Crippen molar-refractivity contribution in [2.24, 2.45) is 0 Å². The Morgan fingerprint density at radius 1 is 1.33 bits per heavy atom. The fourth-order valence-corrected chi connectivity index (χ4v) is 3.39. The second kappa shape index (κ2) is 8.01. The van der Waals surface area contributed by atoms with E-state index in [0.717, 1.165) is 10.6 Å². The Morgan fingerprint density at radius 3 is 2.71 bits per heavy atom. The molecule has 128 valence electrons. The molecule has 1 heterocycles. The van der Waals surface area contributed by atoms with Gasteiger partial charge in [0, 0.05) is 25.5 Å². The van der Waals surface area contributed by atoms with Crippen molar-refractivity contribution in [1.29, 1.82) is 0 Å². The van der Waals surface area contributed by atoms with Crippen molar-refractivity contribution in [2.75, 3.05) is 6.54 Å². The minimum Gasteiger partial charge on any atom is -0.356 e. The molecule has 2 aromatic rings. The number of carbonyl (C=O) groups excluding carboxylic acids is 2. The molecular weight excluding hydrogens is 329 g/mol. The van der Waals surface area contributed by atoms with Gasteiger partial charge in [-0.3, -0.25) is 9.59 Å². The fraction of sp³-hybridized carbons (Fsp3) is 0.353. The van der Waals surface area contributed by atoms with E-state index in [9.17, 15) is 14.0 Å². The lowest BCUT2D eigenvalue weighted by molar-refractivity contribution is -0.122. The summed E-state index contributed by atoms with van der Waals surface area (Å²) >= 11 is 1.37. The number of rotatable bonds is 6. The van der Waals surface area contributed by atoms with Gasteiger partial charge in [-0.1, -0.05) is 12.1 Å². The van der Waals surface area contributed by atoms with Gasteiger partial charge < -0.3 is 10.6 Å². The van der Waals surface area contributed by atoms with Crippen LogP contribution in [-0.2, 0) is 9.59 Å². The van der Waals surface area contributed by atoms with Crippen molar-refractivity contribution in [3.05, 3.63) is 40.7 Å². The minimum atomic E-state index is -0.315. The smallest absolute Gasteiger partial charge is 0.222 e. The zero-order valence-corrected chi connectivity index (χ0v) is 14.7. The molecule has 1 aromatic heterocycles. The van der Waals surface area contributed by atoms with Crippen LogP contribution in [0.2, 0.25) is 0 Å². The van der Waals surface area contributed by atoms with E-state index < -0.39 is 0 Å². The normalized spacial score (nSPS) is 11.8. The molecule has 0 aliphatic rings. The molecule has 5 nitrogen and oxygen atoms in total. The van der Waals surface area contributed by atoms with Crippen molar-refractivity contribution in [3.63, 3.8) is 0 Å². The number of aromatic nitrogens is 1. The topological polar surface area (TPSA) is 71.1 Å². The molecule has 0 fully saturated rings. The molecule has 2 N–H and O–H groups in total. The Morgan fingerprint density at radius 2 is 2.04 bits per heavy atom. The number of thiazole rings is 1. The average molecular weight is 349 g/mol. The Balaban J connectivity index is 2.05. The van der Waals surface area contributed by atoms with Crippen LogP contribution < -0.4 is 10.6 Å². The lowest BCUT2D eigenvalue weighted by Gasteiger charge is -2.13. The Bertz CT molecular complexity index is 745. The molecule has 0 spiro atoms. The molecule has 0 bridgehead atoms. The highest BCUT2D eigenvalue weighted by Crippen LogP contribution is 2.32.